The van der Waals surface area contributed by atoms with Crippen molar-refractivity contribution in [2.45, 2.75) is 56.9 Å². The quantitative estimate of drug-likeness (QED) is 0.865. The van der Waals surface area contributed by atoms with Crippen LogP contribution in [-0.4, -0.2) is 44.8 Å². The molecule has 2 aromatic rings. The average Bonchev–Trinajstić information content (AvgIpc) is 3.25. The van der Waals surface area contributed by atoms with E-state index in [0.717, 1.165) is 18.4 Å². The molecule has 6 heteroatoms. The largest absolute Gasteiger partial charge is 0.478 e. The number of carbonyl (C=O) groups is 2. The third-order valence-electron chi connectivity index (χ3n) is 6.21. The number of aromatic carboxylic acids is 1. The highest BCUT2D eigenvalue weighted by atomic mass is 16.4. The van der Waals surface area contributed by atoms with Gasteiger partial charge in [0.05, 0.1) is 17.8 Å². The van der Waals surface area contributed by atoms with E-state index in [4.69, 9.17) is 5.11 Å². The second kappa shape index (κ2) is 8.17. The van der Waals surface area contributed by atoms with Gasteiger partial charge in [0.2, 0.25) is 0 Å². The van der Waals surface area contributed by atoms with Crippen molar-refractivity contribution in [3.8, 4) is 0 Å². The molecule has 1 saturated carbocycles. The molecule has 2 fully saturated rings. The normalized spacial score (nSPS) is 18.9. The molecule has 28 heavy (non-hydrogen) atoms. The van der Waals surface area contributed by atoms with E-state index < -0.39 is 5.97 Å². The van der Waals surface area contributed by atoms with Gasteiger partial charge in [0, 0.05) is 24.8 Å². The zero-order chi connectivity index (χ0) is 19.5. The highest BCUT2D eigenvalue weighted by molar-refractivity contribution is 5.94. The average molecular weight is 381 g/mol. The molecule has 4 rings (SSSR count). The summed E-state index contributed by atoms with van der Waals surface area (Å²) in [5, 5.41) is 13.2. The maximum Gasteiger partial charge on any atom is 0.338 e. The maximum absolute atomic E-state index is 12.8. The van der Waals surface area contributed by atoms with Crippen molar-refractivity contribution in [2.24, 2.45) is 0 Å². The lowest BCUT2D eigenvalue weighted by atomic mass is 9.84. The van der Waals surface area contributed by atoms with Gasteiger partial charge < -0.3 is 10.0 Å². The second-order valence-corrected chi connectivity index (χ2v) is 7.99. The Morgan fingerprint density at radius 3 is 2.21 bits per heavy atom. The number of hydrogen-bond donors (Lipinski definition) is 1. The fraction of sp³-hybridized carbons (Fsp3) is 0.500. The first-order valence-corrected chi connectivity index (χ1v) is 10.3. The van der Waals surface area contributed by atoms with Crippen LogP contribution in [0, 0.1) is 0 Å². The van der Waals surface area contributed by atoms with Gasteiger partial charge in [0.1, 0.15) is 0 Å². The summed E-state index contributed by atoms with van der Waals surface area (Å²) in [6, 6.07) is 8.36. The van der Waals surface area contributed by atoms with Crippen LogP contribution in [0.2, 0.25) is 0 Å². The first-order valence-electron chi connectivity index (χ1n) is 10.3. The lowest BCUT2D eigenvalue weighted by Gasteiger charge is -2.32. The molecule has 0 atom stereocenters. The Morgan fingerprint density at radius 2 is 1.61 bits per heavy atom. The zero-order valence-corrected chi connectivity index (χ0v) is 16.1. The van der Waals surface area contributed by atoms with E-state index in [9.17, 15) is 9.59 Å². The van der Waals surface area contributed by atoms with Gasteiger partial charge in [-0.05, 0) is 49.3 Å². The first kappa shape index (κ1) is 18.7. The molecule has 0 unspecified atom stereocenters. The van der Waals surface area contributed by atoms with Crippen LogP contribution in [0.4, 0.5) is 0 Å². The Hall–Kier alpha value is -2.63. The van der Waals surface area contributed by atoms with Crippen molar-refractivity contribution in [1.82, 2.24) is 14.7 Å². The van der Waals surface area contributed by atoms with Crippen LogP contribution in [0.25, 0.3) is 0 Å². The molecule has 148 valence electrons. The summed E-state index contributed by atoms with van der Waals surface area (Å²) < 4.78 is 1.73. The summed E-state index contributed by atoms with van der Waals surface area (Å²) in [6.45, 7) is 1.33. The molecular weight excluding hydrogens is 354 g/mol. The summed E-state index contributed by atoms with van der Waals surface area (Å²) in [5.41, 5.74) is 2.32. The van der Waals surface area contributed by atoms with Crippen LogP contribution in [0.5, 0.6) is 0 Å². The van der Waals surface area contributed by atoms with Crippen molar-refractivity contribution in [3.05, 3.63) is 53.3 Å². The van der Waals surface area contributed by atoms with Crippen LogP contribution in [0.3, 0.4) is 0 Å². The molecule has 1 amide bonds. The zero-order valence-electron chi connectivity index (χ0n) is 16.1. The molecule has 0 bridgehead atoms. The van der Waals surface area contributed by atoms with Crippen LogP contribution in [0.15, 0.2) is 36.7 Å². The smallest absolute Gasteiger partial charge is 0.338 e. The number of likely N-dealkylation sites (tertiary alicyclic amines) is 1. The topological polar surface area (TPSA) is 75.4 Å². The predicted molar refractivity (Wildman–Crippen MR) is 106 cm³/mol. The van der Waals surface area contributed by atoms with Gasteiger partial charge in [-0.25, -0.2) is 4.79 Å². The van der Waals surface area contributed by atoms with E-state index >= 15 is 0 Å². The van der Waals surface area contributed by atoms with Gasteiger partial charge in [-0.1, -0.05) is 31.4 Å². The molecule has 1 aromatic carbocycles. The molecule has 1 aromatic heterocycles. The lowest BCUT2D eigenvalue weighted by Crippen LogP contribution is -2.39. The number of carbonyl (C=O) groups excluding carboxylic acids is 1. The van der Waals surface area contributed by atoms with Crippen molar-refractivity contribution >= 4 is 11.9 Å². The number of carboxylic acids is 1. The molecule has 6 nitrogen and oxygen atoms in total. The molecule has 0 radical (unpaired) electrons. The van der Waals surface area contributed by atoms with E-state index in [2.05, 4.69) is 17.2 Å². The molecule has 1 N–H and O–H groups in total. The van der Waals surface area contributed by atoms with E-state index in [1.165, 1.54) is 43.9 Å². The van der Waals surface area contributed by atoms with Gasteiger partial charge in [-0.3, -0.25) is 9.48 Å². The van der Waals surface area contributed by atoms with Gasteiger partial charge in [0.15, 0.2) is 0 Å². The number of nitrogens with zero attached hydrogens (tertiary/aromatic N) is 3. The Labute approximate surface area is 165 Å². The fourth-order valence-electron chi connectivity index (χ4n) is 4.50. The van der Waals surface area contributed by atoms with Gasteiger partial charge in [0.25, 0.3) is 5.91 Å². The minimum atomic E-state index is -0.962. The van der Waals surface area contributed by atoms with E-state index in [1.807, 2.05) is 17.0 Å². The number of amides is 1. The fourth-order valence-corrected chi connectivity index (χ4v) is 4.50. The predicted octanol–water partition coefficient (Wildman–Crippen LogP) is 4.11. The number of piperidine rings is 1. The molecule has 1 aliphatic carbocycles. The summed E-state index contributed by atoms with van der Waals surface area (Å²) in [6.07, 6.45) is 11.0. The van der Waals surface area contributed by atoms with E-state index in [-0.39, 0.29) is 17.5 Å². The summed E-state index contributed by atoms with van der Waals surface area (Å²) >= 11 is 0. The van der Waals surface area contributed by atoms with Crippen LogP contribution >= 0.6 is 0 Å². The van der Waals surface area contributed by atoms with Crippen molar-refractivity contribution in [3.63, 3.8) is 0 Å². The van der Waals surface area contributed by atoms with Gasteiger partial charge in [-0.15, -0.1) is 0 Å². The van der Waals surface area contributed by atoms with Gasteiger partial charge >= 0.3 is 5.97 Å². The summed E-state index contributed by atoms with van der Waals surface area (Å²) in [7, 11) is 0. The Kier molecular flexibility index (Phi) is 5.46. The number of aromatic nitrogens is 2. The molecule has 2 heterocycles. The Morgan fingerprint density at radius 1 is 0.929 bits per heavy atom. The molecule has 0 spiro atoms. The minimum Gasteiger partial charge on any atom is -0.478 e. The number of hydrogen-bond acceptors (Lipinski definition) is 3. The highest BCUT2D eigenvalue weighted by Gasteiger charge is 2.26. The molecule has 2 aliphatic rings. The number of carboxylic acid groups (broad SMARTS) is 1. The SMILES string of the molecule is O=C(O)c1cnn(C2CCN(C(=O)c3ccc(C4CCCCC4)cc3)CC2)c1. The standard InChI is InChI=1S/C22H27N3O3/c26-21(18-8-6-17(7-9-18)16-4-2-1-3-5-16)24-12-10-20(11-13-24)25-15-19(14-23-25)22(27)28/h6-9,14-16,20H,1-5,10-13H2,(H,27,28). The molecule has 1 saturated heterocycles. The summed E-state index contributed by atoms with van der Waals surface area (Å²) in [5.74, 6) is -0.228. The van der Waals surface area contributed by atoms with E-state index in [0.29, 0.717) is 19.0 Å². The van der Waals surface area contributed by atoms with Crippen LogP contribution < -0.4 is 0 Å². The van der Waals surface area contributed by atoms with Crippen LogP contribution in [-0.2, 0) is 0 Å². The third kappa shape index (κ3) is 3.96. The van der Waals surface area contributed by atoms with E-state index in [1.54, 1.807) is 10.9 Å². The second-order valence-electron chi connectivity index (χ2n) is 7.99. The third-order valence-corrected chi connectivity index (χ3v) is 6.21. The molecule has 1 aliphatic heterocycles. The summed E-state index contributed by atoms with van der Waals surface area (Å²) in [4.78, 5) is 25.8. The van der Waals surface area contributed by atoms with Crippen molar-refractivity contribution in [1.29, 1.82) is 0 Å². The number of rotatable bonds is 4. The van der Waals surface area contributed by atoms with Gasteiger partial charge in [-0.2, -0.15) is 5.10 Å². The molecular formula is C22H27N3O3. The monoisotopic (exact) mass is 381 g/mol. The number of benzene rings is 1. The Balaban J connectivity index is 1.35. The Bertz CT molecular complexity index is 829. The lowest BCUT2D eigenvalue weighted by molar-refractivity contribution is 0.0688. The van der Waals surface area contributed by atoms with Crippen molar-refractivity contribution < 1.29 is 14.7 Å². The first-order chi connectivity index (χ1) is 13.6. The van der Waals surface area contributed by atoms with Crippen molar-refractivity contribution in [2.75, 3.05) is 13.1 Å². The maximum atomic E-state index is 12.8. The highest BCUT2D eigenvalue weighted by Crippen LogP contribution is 2.32. The van der Waals surface area contributed by atoms with Crippen LogP contribution in [0.1, 0.15) is 83.2 Å². The minimum absolute atomic E-state index is 0.0836.